The van der Waals surface area contributed by atoms with E-state index in [-0.39, 0.29) is 6.42 Å². The highest BCUT2D eigenvalue weighted by Crippen LogP contribution is 2.34. The van der Waals surface area contributed by atoms with E-state index in [9.17, 15) is 9.90 Å². The average molecular weight is 383 g/mol. The first-order valence-corrected chi connectivity index (χ1v) is 8.86. The van der Waals surface area contributed by atoms with Crippen molar-refractivity contribution in [2.45, 2.75) is 26.3 Å². The van der Waals surface area contributed by atoms with Crippen LogP contribution in [0.4, 0.5) is 0 Å². The Labute approximate surface area is 160 Å². The van der Waals surface area contributed by atoms with E-state index in [4.69, 9.17) is 16.6 Å². The third kappa shape index (κ3) is 2.84. The number of aliphatic carboxylic acids is 1. The molecule has 1 aliphatic heterocycles. The molecular weight excluding hydrogens is 366 g/mol. The minimum absolute atomic E-state index is 0.273. The van der Waals surface area contributed by atoms with Crippen molar-refractivity contribution < 1.29 is 9.90 Å². The Hall–Kier alpha value is -2.93. The van der Waals surface area contributed by atoms with Crippen LogP contribution in [0.3, 0.4) is 0 Å². The molecule has 1 aromatic carbocycles. The van der Waals surface area contributed by atoms with Gasteiger partial charge in [0.25, 0.3) is 0 Å². The van der Waals surface area contributed by atoms with Crippen molar-refractivity contribution in [3.8, 4) is 5.69 Å². The maximum absolute atomic E-state index is 11.4. The van der Waals surface area contributed by atoms with Crippen molar-refractivity contribution in [1.82, 2.24) is 19.3 Å². The van der Waals surface area contributed by atoms with Crippen molar-refractivity contribution in [3.05, 3.63) is 64.0 Å². The number of carboxylic acid groups (broad SMARTS) is 1. The van der Waals surface area contributed by atoms with Crippen LogP contribution in [0.5, 0.6) is 0 Å². The van der Waals surface area contributed by atoms with Crippen molar-refractivity contribution in [1.29, 1.82) is 0 Å². The Morgan fingerprint density at radius 1 is 1.22 bits per heavy atom. The summed E-state index contributed by atoms with van der Waals surface area (Å²) in [6, 6.07) is 6.65. The Kier molecular flexibility index (Phi) is 4.11. The normalized spacial score (nSPS) is 15.7. The van der Waals surface area contributed by atoms with Gasteiger partial charge in [0, 0.05) is 47.5 Å². The molecular formula is C19H17ClN5O2-. The van der Waals surface area contributed by atoms with Crippen LogP contribution in [0.1, 0.15) is 40.9 Å². The second kappa shape index (κ2) is 6.35. The summed E-state index contributed by atoms with van der Waals surface area (Å²) in [5, 5.41) is 20.3. The summed E-state index contributed by atoms with van der Waals surface area (Å²) in [6.45, 7) is 3.84. The Balaban J connectivity index is 2.04. The lowest BCUT2D eigenvalue weighted by molar-refractivity contribution is -0.306. The van der Waals surface area contributed by atoms with Gasteiger partial charge in [-0.3, -0.25) is 9.56 Å². The summed E-state index contributed by atoms with van der Waals surface area (Å²) < 4.78 is 3.89. The van der Waals surface area contributed by atoms with Gasteiger partial charge in [-0.05, 0) is 26.0 Å². The highest BCUT2D eigenvalue weighted by atomic mass is 35.5. The third-order valence-electron chi connectivity index (χ3n) is 4.85. The van der Waals surface area contributed by atoms with Gasteiger partial charge in [-0.2, -0.15) is 0 Å². The number of nitrogens with zero attached hydrogens (tertiary/aromatic N) is 5. The van der Waals surface area contributed by atoms with Gasteiger partial charge in [0.1, 0.15) is 11.9 Å². The molecule has 0 saturated heterocycles. The summed E-state index contributed by atoms with van der Waals surface area (Å²) in [6.07, 6.45) is 1.71. The summed E-state index contributed by atoms with van der Waals surface area (Å²) >= 11 is 6.04. The first-order chi connectivity index (χ1) is 12.9. The van der Waals surface area contributed by atoms with E-state index in [1.54, 1.807) is 12.1 Å². The van der Waals surface area contributed by atoms with E-state index in [1.807, 2.05) is 48.4 Å². The predicted octanol–water partition coefficient (Wildman–Crippen LogP) is 1.91. The number of fused-ring (bicyclic) bond motifs is 3. The van der Waals surface area contributed by atoms with Crippen LogP contribution in [-0.2, 0) is 11.8 Å². The van der Waals surface area contributed by atoms with E-state index in [1.165, 1.54) is 0 Å². The van der Waals surface area contributed by atoms with Crippen LogP contribution in [0, 0.1) is 13.8 Å². The second-order valence-corrected chi connectivity index (χ2v) is 7.04. The van der Waals surface area contributed by atoms with Gasteiger partial charge in [-0.1, -0.05) is 23.7 Å². The zero-order valence-electron chi connectivity index (χ0n) is 15.1. The lowest BCUT2D eigenvalue weighted by atomic mass is 10.0. The maximum atomic E-state index is 11.4. The number of carbonyl (C=O) groups excluding carboxylic acids is 1. The molecule has 0 unspecified atom stereocenters. The fourth-order valence-corrected chi connectivity index (χ4v) is 3.59. The highest BCUT2D eigenvalue weighted by molar-refractivity contribution is 6.30. The molecule has 0 amide bonds. The lowest BCUT2D eigenvalue weighted by Crippen LogP contribution is -2.25. The number of aliphatic imine (C=N–C) groups is 1. The maximum Gasteiger partial charge on any atom is 0.162 e. The molecule has 8 heteroatoms. The Bertz CT molecular complexity index is 1080. The fraction of sp³-hybridized carbons (Fsp3) is 0.263. The van der Waals surface area contributed by atoms with E-state index in [0.717, 1.165) is 22.5 Å². The van der Waals surface area contributed by atoms with Crippen molar-refractivity contribution in [2.24, 2.45) is 12.0 Å². The molecule has 138 valence electrons. The van der Waals surface area contributed by atoms with Crippen LogP contribution in [-0.4, -0.2) is 31.0 Å². The van der Waals surface area contributed by atoms with Gasteiger partial charge in [0.05, 0.1) is 11.4 Å². The van der Waals surface area contributed by atoms with Crippen LogP contribution in [0.2, 0.25) is 5.02 Å². The first kappa shape index (κ1) is 17.5. The third-order valence-corrected chi connectivity index (χ3v) is 5.10. The summed E-state index contributed by atoms with van der Waals surface area (Å²) in [4.78, 5) is 16.2. The number of halogens is 1. The zero-order chi connectivity index (χ0) is 19.3. The van der Waals surface area contributed by atoms with Crippen molar-refractivity contribution in [2.75, 3.05) is 0 Å². The molecule has 2 aromatic heterocycles. The van der Waals surface area contributed by atoms with Gasteiger partial charge in [0.15, 0.2) is 5.82 Å². The van der Waals surface area contributed by atoms with Crippen molar-refractivity contribution in [3.63, 3.8) is 0 Å². The monoisotopic (exact) mass is 382 g/mol. The quantitative estimate of drug-likeness (QED) is 0.692. The molecule has 27 heavy (non-hydrogen) atoms. The molecule has 1 aliphatic rings. The fourth-order valence-electron chi connectivity index (χ4n) is 3.46. The number of carboxylic acids is 1. The molecule has 0 saturated carbocycles. The lowest BCUT2D eigenvalue weighted by Gasteiger charge is -2.13. The van der Waals surface area contributed by atoms with Crippen LogP contribution in [0.25, 0.3) is 5.69 Å². The molecule has 0 bridgehead atoms. The average Bonchev–Trinajstić information content (AvgIpc) is 3.08. The SMILES string of the molecule is Cc1c2c(cn1C)-n1c(C)nnc1[C@H](CC(=O)[O-])N=C2c1ccc(Cl)cc1. The molecule has 0 aliphatic carbocycles. The Morgan fingerprint density at radius 3 is 2.59 bits per heavy atom. The predicted molar refractivity (Wildman–Crippen MR) is 99.3 cm³/mol. The van der Waals surface area contributed by atoms with Gasteiger partial charge < -0.3 is 14.5 Å². The van der Waals surface area contributed by atoms with Gasteiger partial charge in [-0.25, -0.2) is 0 Å². The zero-order valence-corrected chi connectivity index (χ0v) is 15.9. The minimum Gasteiger partial charge on any atom is -0.550 e. The van der Waals surface area contributed by atoms with E-state index in [0.29, 0.717) is 22.4 Å². The number of hydrogen-bond donors (Lipinski definition) is 0. The second-order valence-electron chi connectivity index (χ2n) is 6.60. The molecule has 0 spiro atoms. The smallest absolute Gasteiger partial charge is 0.162 e. The number of benzene rings is 1. The van der Waals surface area contributed by atoms with Crippen LogP contribution in [0.15, 0.2) is 35.5 Å². The topological polar surface area (TPSA) is 88.1 Å². The number of rotatable bonds is 3. The largest absolute Gasteiger partial charge is 0.550 e. The standard InChI is InChI=1S/C19H18ClN5O2/c1-10-17-15(9-24(10)3)25-11(2)22-23-19(25)14(8-16(26)27)21-18(17)12-4-6-13(20)7-5-12/h4-7,9,14H,8H2,1-3H3,(H,26,27)/p-1/t14-/m0/s1. The van der Waals surface area contributed by atoms with Crippen molar-refractivity contribution >= 4 is 23.3 Å². The number of carbonyl (C=O) groups is 1. The first-order valence-electron chi connectivity index (χ1n) is 8.49. The van der Waals surface area contributed by atoms with Gasteiger partial charge in [-0.15, -0.1) is 10.2 Å². The molecule has 0 radical (unpaired) electrons. The molecule has 3 heterocycles. The van der Waals surface area contributed by atoms with E-state index in [2.05, 4.69) is 10.2 Å². The molecule has 4 rings (SSSR count). The van der Waals surface area contributed by atoms with Crippen LogP contribution < -0.4 is 5.11 Å². The molecule has 1 atom stereocenters. The molecule has 0 N–H and O–H groups in total. The Morgan fingerprint density at radius 2 is 1.93 bits per heavy atom. The van der Waals surface area contributed by atoms with E-state index < -0.39 is 12.0 Å². The molecule has 3 aromatic rings. The number of aromatic nitrogens is 4. The summed E-state index contributed by atoms with van der Waals surface area (Å²) in [5.41, 5.74) is 4.37. The van der Waals surface area contributed by atoms with Gasteiger partial charge >= 0.3 is 0 Å². The summed E-state index contributed by atoms with van der Waals surface area (Å²) in [7, 11) is 1.96. The number of hydrogen-bond acceptors (Lipinski definition) is 5. The van der Waals surface area contributed by atoms with Crippen LogP contribution >= 0.6 is 11.6 Å². The van der Waals surface area contributed by atoms with Gasteiger partial charge in [0.2, 0.25) is 0 Å². The minimum atomic E-state index is -1.18. The molecule has 7 nitrogen and oxygen atoms in total. The summed E-state index contributed by atoms with van der Waals surface area (Å²) in [5.74, 6) is -0.0180. The van der Waals surface area contributed by atoms with E-state index >= 15 is 0 Å². The number of aryl methyl sites for hydroxylation is 2. The molecule has 0 fully saturated rings. The highest BCUT2D eigenvalue weighted by Gasteiger charge is 2.30.